The largest absolute Gasteiger partial charge is 0.477 e. The molecule has 0 aromatic heterocycles. The zero-order valence-corrected chi connectivity index (χ0v) is 12.5. The van der Waals surface area contributed by atoms with Crippen LogP contribution in [-0.2, 0) is 0 Å². The topological polar surface area (TPSA) is 89.7 Å². The van der Waals surface area contributed by atoms with Gasteiger partial charge in [0.05, 0.1) is 4.92 Å². The first-order valence-corrected chi connectivity index (χ1v) is 6.63. The molecule has 21 heavy (non-hydrogen) atoms. The molecule has 7 heteroatoms. The molecule has 2 aromatic rings. The fourth-order valence-corrected chi connectivity index (χ4v) is 2.06. The van der Waals surface area contributed by atoms with Gasteiger partial charge in [-0.15, -0.1) is 0 Å². The fraction of sp³-hybridized carbons (Fsp3) is 0.0714. The van der Waals surface area contributed by atoms with E-state index in [0.717, 1.165) is 22.2 Å². The van der Waals surface area contributed by atoms with E-state index in [1.54, 1.807) is 6.07 Å². The normalized spacial score (nSPS) is 10.2. The number of carbonyl (C=O) groups is 1. The van der Waals surface area contributed by atoms with Gasteiger partial charge < -0.3 is 9.84 Å². The Kier molecular flexibility index (Phi) is 4.23. The van der Waals surface area contributed by atoms with E-state index in [1.165, 1.54) is 6.07 Å². The summed E-state index contributed by atoms with van der Waals surface area (Å²) in [6.07, 6.45) is 0. The van der Waals surface area contributed by atoms with Crippen LogP contribution in [0.4, 0.5) is 5.69 Å². The number of hydrogen-bond donors (Lipinski definition) is 1. The summed E-state index contributed by atoms with van der Waals surface area (Å²) in [5.74, 6) is -0.619. The minimum atomic E-state index is -1.38. The molecule has 2 aromatic carbocycles. The first-order chi connectivity index (χ1) is 9.88. The lowest BCUT2D eigenvalue weighted by molar-refractivity contribution is -0.385. The first-order valence-electron chi connectivity index (χ1n) is 5.84. The molecular weight excluding hydrogens is 342 g/mol. The van der Waals surface area contributed by atoms with Gasteiger partial charge in [0.25, 0.3) is 5.69 Å². The van der Waals surface area contributed by atoms with Gasteiger partial charge in [-0.05, 0) is 30.7 Å². The summed E-state index contributed by atoms with van der Waals surface area (Å²) in [5, 5.41) is 19.8. The maximum Gasteiger partial charge on any atom is 0.342 e. The van der Waals surface area contributed by atoms with Gasteiger partial charge in [0, 0.05) is 16.6 Å². The van der Waals surface area contributed by atoms with Crippen molar-refractivity contribution in [3.05, 3.63) is 62.1 Å². The van der Waals surface area contributed by atoms with Gasteiger partial charge in [-0.25, -0.2) is 4.79 Å². The van der Waals surface area contributed by atoms with Gasteiger partial charge in [0.2, 0.25) is 0 Å². The molecule has 108 valence electrons. The molecule has 0 amide bonds. The van der Waals surface area contributed by atoms with Crippen molar-refractivity contribution in [1.29, 1.82) is 0 Å². The average molecular weight is 352 g/mol. The maximum absolute atomic E-state index is 11.1. The number of hydrogen-bond acceptors (Lipinski definition) is 4. The van der Waals surface area contributed by atoms with Crippen molar-refractivity contribution in [3.63, 3.8) is 0 Å². The van der Waals surface area contributed by atoms with Gasteiger partial charge in [-0.3, -0.25) is 10.1 Å². The van der Waals surface area contributed by atoms with Crippen LogP contribution in [0.25, 0.3) is 0 Å². The molecule has 0 spiro atoms. The van der Waals surface area contributed by atoms with Gasteiger partial charge in [0.15, 0.2) is 0 Å². The van der Waals surface area contributed by atoms with Crippen molar-refractivity contribution < 1.29 is 19.6 Å². The third kappa shape index (κ3) is 3.38. The zero-order chi connectivity index (χ0) is 15.6. The van der Waals surface area contributed by atoms with Crippen molar-refractivity contribution in [2.75, 3.05) is 0 Å². The number of aryl methyl sites for hydroxylation is 1. The molecule has 0 aliphatic carbocycles. The van der Waals surface area contributed by atoms with E-state index >= 15 is 0 Å². The van der Waals surface area contributed by atoms with Crippen LogP contribution < -0.4 is 4.74 Å². The standard InChI is InChI=1S/C14H10BrNO5/c1-8-2-3-9(15)6-13(8)21-10-4-5-12(16(19)20)11(7-10)14(17)18/h2-7H,1H3,(H,17,18). The van der Waals surface area contributed by atoms with E-state index in [2.05, 4.69) is 15.9 Å². The third-order valence-corrected chi connectivity index (χ3v) is 3.27. The third-order valence-electron chi connectivity index (χ3n) is 2.77. The van der Waals surface area contributed by atoms with Crippen LogP contribution in [0.1, 0.15) is 15.9 Å². The summed E-state index contributed by atoms with van der Waals surface area (Å²) >= 11 is 3.31. The number of carboxylic acids is 1. The predicted molar refractivity (Wildman–Crippen MR) is 79.0 cm³/mol. The smallest absolute Gasteiger partial charge is 0.342 e. The minimum Gasteiger partial charge on any atom is -0.477 e. The summed E-state index contributed by atoms with van der Waals surface area (Å²) in [5.41, 5.74) is -0.0283. The highest BCUT2D eigenvalue weighted by molar-refractivity contribution is 9.10. The Balaban J connectivity index is 2.41. The molecule has 0 aliphatic heterocycles. The number of nitro benzene ring substituents is 1. The Bertz CT molecular complexity index is 729. The molecule has 6 nitrogen and oxygen atoms in total. The summed E-state index contributed by atoms with van der Waals surface area (Å²) in [4.78, 5) is 21.1. The first kappa shape index (κ1) is 15.0. The van der Waals surface area contributed by atoms with Crippen LogP contribution in [0.5, 0.6) is 11.5 Å². The van der Waals surface area contributed by atoms with Crippen molar-refractivity contribution in [1.82, 2.24) is 0 Å². The molecule has 0 radical (unpaired) electrons. The molecular formula is C14H10BrNO5. The highest BCUT2D eigenvalue weighted by Crippen LogP contribution is 2.31. The van der Waals surface area contributed by atoms with Crippen molar-refractivity contribution >= 4 is 27.6 Å². The molecule has 0 atom stereocenters. The van der Waals surface area contributed by atoms with Crippen LogP contribution in [0, 0.1) is 17.0 Å². The van der Waals surface area contributed by atoms with E-state index in [0.29, 0.717) is 5.75 Å². The molecule has 0 saturated heterocycles. The second kappa shape index (κ2) is 5.92. The number of halogens is 1. The van der Waals surface area contributed by atoms with Crippen molar-refractivity contribution in [2.45, 2.75) is 6.92 Å². The summed E-state index contributed by atoms with van der Waals surface area (Å²) < 4.78 is 6.41. The second-order valence-corrected chi connectivity index (χ2v) is 5.17. The number of ether oxygens (including phenoxy) is 1. The molecule has 0 bridgehead atoms. The number of nitro groups is 1. The number of aromatic carboxylic acids is 1. The molecule has 1 N–H and O–H groups in total. The number of carboxylic acid groups (broad SMARTS) is 1. The lowest BCUT2D eigenvalue weighted by Gasteiger charge is -2.09. The van der Waals surface area contributed by atoms with E-state index in [1.807, 2.05) is 19.1 Å². The molecule has 0 saturated carbocycles. The lowest BCUT2D eigenvalue weighted by atomic mass is 10.1. The highest BCUT2D eigenvalue weighted by Gasteiger charge is 2.20. The molecule has 0 heterocycles. The second-order valence-electron chi connectivity index (χ2n) is 4.25. The van der Waals surface area contributed by atoms with Crippen molar-refractivity contribution in [2.24, 2.45) is 0 Å². The average Bonchev–Trinajstić information content (AvgIpc) is 2.42. The summed E-state index contributed by atoms with van der Waals surface area (Å²) in [7, 11) is 0. The van der Waals surface area contributed by atoms with Gasteiger partial charge in [-0.1, -0.05) is 22.0 Å². The van der Waals surface area contributed by atoms with E-state index < -0.39 is 22.1 Å². The van der Waals surface area contributed by atoms with Crippen molar-refractivity contribution in [3.8, 4) is 11.5 Å². The number of benzene rings is 2. The van der Waals surface area contributed by atoms with E-state index in [9.17, 15) is 14.9 Å². The zero-order valence-electron chi connectivity index (χ0n) is 10.9. The molecule has 0 unspecified atom stereocenters. The number of nitrogens with zero attached hydrogens (tertiary/aromatic N) is 1. The molecule has 2 rings (SSSR count). The Labute approximate surface area is 128 Å². The maximum atomic E-state index is 11.1. The highest BCUT2D eigenvalue weighted by atomic mass is 79.9. The quantitative estimate of drug-likeness (QED) is 0.659. The Morgan fingerprint density at radius 2 is 2.00 bits per heavy atom. The van der Waals surface area contributed by atoms with Gasteiger partial charge >= 0.3 is 5.97 Å². The Hall–Kier alpha value is -2.41. The van der Waals surface area contributed by atoms with E-state index in [-0.39, 0.29) is 5.75 Å². The van der Waals surface area contributed by atoms with Crippen LogP contribution in [0.2, 0.25) is 0 Å². The van der Waals surface area contributed by atoms with Crippen LogP contribution in [-0.4, -0.2) is 16.0 Å². The minimum absolute atomic E-state index is 0.221. The molecule has 0 aliphatic rings. The summed E-state index contributed by atoms with van der Waals surface area (Å²) in [6.45, 7) is 1.84. The fourth-order valence-electron chi connectivity index (χ4n) is 1.72. The predicted octanol–water partition coefficient (Wildman–Crippen LogP) is 4.16. The van der Waals surface area contributed by atoms with Crippen LogP contribution >= 0.6 is 15.9 Å². The van der Waals surface area contributed by atoms with Crippen LogP contribution in [0.3, 0.4) is 0 Å². The Morgan fingerprint density at radius 3 is 2.62 bits per heavy atom. The monoisotopic (exact) mass is 351 g/mol. The van der Waals surface area contributed by atoms with Crippen LogP contribution in [0.15, 0.2) is 40.9 Å². The SMILES string of the molecule is Cc1ccc(Br)cc1Oc1ccc([N+](=O)[O-])c(C(=O)O)c1. The lowest BCUT2D eigenvalue weighted by Crippen LogP contribution is -2.03. The molecule has 0 fully saturated rings. The number of rotatable bonds is 4. The van der Waals surface area contributed by atoms with E-state index in [4.69, 9.17) is 9.84 Å². The summed E-state index contributed by atoms with van der Waals surface area (Å²) in [6, 6.07) is 9.04. The van der Waals surface area contributed by atoms with Gasteiger partial charge in [-0.2, -0.15) is 0 Å². The van der Waals surface area contributed by atoms with Gasteiger partial charge in [0.1, 0.15) is 17.1 Å². The Morgan fingerprint density at radius 1 is 1.29 bits per heavy atom.